The molecule has 1 unspecified atom stereocenters. The average molecular weight is 366 g/mol. The predicted molar refractivity (Wildman–Crippen MR) is 104 cm³/mol. The predicted octanol–water partition coefficient (Wildman–Crippen LogP) is 1.93. The van der Waals surface area contributed by atoms with Crippen molar-refractivity contribution < 1.29 is 14.3 Å². The van der Waals surface area contributed by atoms with E-state index in [1.165, 1.54) is 0 Å². The van der Waals surface area contributed by atoms with Gasteiger partial charge in [-0.05, 0) is 31.2 Å². The van der Waals surface area contributed by atoms with Gasteiger partial charge in [0.05, 0.1) is 31.0 Å². The number of benzene rings is 1. The minimum Gasteiger partial charge on any atom is -0.378 e. The first-order valence-corrected chi connectivity index (χ1v) is 9.07. The Kier molecular flexibility index (Phi) is 4.53. The number of allylic oxidation sites excluding steroid dienone is 2. The smallest absolute Gasteiger partial charge is 0.250 e. The first-order chi connectivity index (χ1) is 13.1. The lowest BCUT2D eigenvalue weighted by Crippen LogP contribution is -2.58. The SMILES string of the molecule is CC1(C(=O)Nc2ccccc2N2CCOCC2)CC(=O)N=C2C=CC=CN21. The summed E-state index contributed by atoms with van der Waals surface area (Å²) >= 11 is 0. The lowest BCUT2D eigenvalue weighted by atomic mass is 9.91. The zero-order chi connectivity index (χ0) is 18.9. The Balaban J connectivity index is 1.61. The second-order valence-electron chi connectivity index (χ2n) is 6.96. The molecule has 1 aromatic rings. The molecule has 1 atom stereocenters. The lowest BCUT2D eigenvalue weighted by Gasteiger charge is -2.41. The van der Waals surface area contributed by atoms with Crippen LogP contribution in [0.4, 0.5) is 11.4 Å². The van der Waals surface area contributed by atoms with Gasteiger partial charge in [0.15, 0.2) is 0 Å². The molecule has 27 heavy (non-hydrogen) atoms. The first kappa shape index (κ1) is 17.5. The van der Waals surface area contributed by atoms with Crippen LogP contribution in [-0.4, -0.2) is 54.4 Å². The second-order valence-corrected chi connectivity index (χ2v) is 6.96. The van der Waals surface area contributed by atoms with Crippen LogP contribution in [0.2, 0.25) is 0 Å². The number of anilines is 2. The van der Waals surface area contributed by atoms with E-state index < -0.39 is 5.54 Å². The molecule has 0 spiro atoms. The molecule has 0 aliphatic carbocycles. The molecule has 3 aliphatic heterocycles. The summed E-state index contributed by atoms with van der Waals surface area (Å²) in [5, 5.41) is 3.04. The molecule has 1 saturated heterocycles. The van der Waals surface area contributed by atoms with E-state index in [1.807, 2.05) is 30.3 Å². The van der Waals surface area contributed by atoms with Gasteiger partial charge in [-0.15, -0.1) is 0 Å². The third kappa shape index (κ3) is 3.26. The summed E-state index contributed by atoms with van der Waals surface area (Å²) < 4.78 is 5.42. The molecule has 0 bridgehead atoms. The number of amidine groups is 1. The number of hydrogen-bond donors (Lipinski definition) is 1. The van der Waals surface area contributed by atoms with E-state index in [2.05, 4.69) is 15.2 Å². The van der Waals surface area contributed by atoms with Crippen LogP contribution in [0.3, 0.4) is 0 Å². The number of nitrogens with one attached hydrogen (secondary N) is 1. The highest BCUT2D eigenvalue weighted by molar-refractivity contribution is 6.12. The molecule has 2 amide bonds. The monoisotopic (exact) mass is 366 g/mol. The van der Waals surface area contributed by atoms with Crippen LogP contribution in [0.1, 0.15) is 13.3 Å². The van der Waals surface area contributed by atoms with E-state index in [1.54, 1.807) is 30.2 Å². The van der Waals surface area contributed by atoms with Crippen molar-refractivity contribution in [2.24, 2.45) is 4.99 Å². The summed E-state index contributed by atoms with van der Waals surface area (Å²) in [4.78, 5) is 33.4. The lowest BCUT2D eigenvalue weighted by molar-refractivity contribution is -0.130. The van der Waals surface area contributed by atoms with Gasteiger partial charge in [-0.3, -0.25) is 9.59 Å². The molecule has 7 nitrogen and oxygen atoms in total. The normalized spacial score (nSPS) is 24.5. The van der Waals surface area contributed by atoms with Crippen LogP contribution in [0.15, 0.2) is 53.7 Å². The number of hydrogen-bond acceptors (Lipinski definition) is 5. The molecule has 0 radical (unpaired) electrons. The maximum atomic E-state index is 13.3. The molecular formula is C20H22N4O3. The topological polar surface area (TPSA) is 74.2 Å². The largest absolute Gasteiger partial charge is 0.378 e. The molecule has 140 valence electrons. The van der Waals surface area contributed by atoms with Crippen LogP contribution in [-0.2, 0) is 14.3 Å². The number of morpholine rings is 1. The van der Waals surface area contributed by atoms with E-state index >= 15 is 0 Å². The van der Waals surface area contributed by atoms with Crippen molar-refractivity contribution in [2.75, 3.05) is 36.5 Å². The van der Waals surface area contributed by atoms with Crippen molar-refractivity contribution in [3.63, 3.8) is 0 Å². The molecule has 7 heteroatoms. The summed E-state index contributed by atoms with van der Waals surface area (Å²) in [5.74, 6) is -0.0305. The number of carbonyl (C=O) groups excluding carboxylic acids is 2. The van der Waals surface area contributed by atoms with Gasteiger partial charge in [-0.25, -0.2) is 0 Å². The Morgan fingerprint density at radius 3 is 2.81 bits per heavy atom. The first-order valence-electron chi connectivity index (χ1n) is 9.07. The van der Waals surface area contributed by atoms with Crippen molar-refractivity contribution in [1.29, 1.82) is 0 Å². The number of amides is 2. The van der Waals surface area contributed by atoms with Crippen molar-refractivity contribution in [3.05, 3.63) is 48.7 Å². The van der Waals surface area contributed by atoms with E-state index in [4.69, 9.17) is 4.74 Å². The Morgan fingerprint density at radius 2 is 2.00 bits per heavy atom. The summed E-state index contributed by atoms with van der Waals surface area (Å²) in [6, 6.07) is 7.73. The summed E-state index contributed by atoms with van der Waals surface area (Å²) in [6.07, 6.45) is 7.20. The third-order valence-corrected chi connectivity index (χ3v) is 5.10. The molecular weight excluding hydrogens is 344 g/mol. The standard InChI is InChI=1S/C20H22N4O3/c1-20(14-18(25)22-17-8-4-5-9-24(17)20)19(26)21-15-6-2-3-7-16(15)23-10-12-27-13-11-23/h2-9H,10-14H2,1H3,(H,21,26). The third-order valence-electron chi connectivity index (χ3n) is 5.10. The zero-order valence-corrected chi connectivity index (χ0v) is 15.2. The molecule has 1 N–H and O–H groups in total. The molecule has 4 rings (SSSR count). The minimum atomic E-state index is -1.03. The minimum absolute atomic E-state index is 0.0280. The maximum Gasteiger partial charge on any atom is 0.250 e. The number of para-hydroxylation sites is 2. The average Bonchev–Trinajstić information content (AvgIpc) is 2.69. The molecule has 3 aliphatic rings. The van der Waals surface area contributed by atoms with Gasteiger partial charge in [-0.1, -0.05) is 18.2 Å². The molecule has 1 aromatic carbocycles. The van der Waals surface area contributed by atoms with Crippen molar-refractivity contribution >= 4 is 29.0 Å². The number of carbonyl (C=O) groups is 2. The fraction of sp³-hybridized carbons (Fsp3) is 0.350. The van der Waals surface area contributed by atoms with Gasteiger partial charge in [0.25, 0.3) is 11.8 Å². The van der Waals surface area contributed by atoms with Gasteiger partial charge in [0.1, 0.15) is 11.4 Å². The molecule has 0 saturated carbocycles. The highest BCUT2D eigenvalue weighted by Gasteiger charge is 2.45. The Labute approximate surface area is 158 Å². The van der Waals surface area contributed by atoms with Gasteiger partial charge >= 0.3 is 0 Å². The van der Waals surface area contributed by atoms with Crippen molar-refractivity contribution in [2.45, 2.75) is 18.9 Å². The zero-order valence-electron chi connectivity index (χ0n) is 15.2. The fourth-order valence-electron chi connectivity index (χ4n) is 3.60. The van der Waals surface area contributed by atoms with Crippen LogP contribution in [0.5, 0.6) is 0 Å². The van der Waals surface area contributed by atoms with Gasteiger partial charge in [0, 0.05) is 19.3 Å². The van der Waals surface area contributed by atoms with Crippen LogP contribution < -0.4 is 10.2 Å². The van der Waals surface area contributed by atoms with E-state index in [9.17, 15) is 9.59 Å². The van der Waals surface area contributed by atoms with Crippen molar-refractivity contribution in [3.8, 4) is 0 Å². The number of fused-ring (bicyclic) bond motifs is 1. The van der Waals surface area contributed by atoms with Crippen LogP contribution >= 0.6 is 0 Å². The van der Waals surface area contributed by atoms with Gasteiger partial charge in [0.2, 0.25) is 0 Å². The van der Waals surface area contributed by atoms with E-state index in [-0.39, 0.29) is 18.2 Å². The van der Waals surface area contributed by atoms with Crippen molar-refractivity contribution in [1.82, 2.24) is 4.90 Å². The van der Waals surface area contributed by atoms with Crippen LogP contribution in [0, 0.1) is 0 Å². The molecule has 3 heterocycles. The quantitative estimate of drug-likeness (QED) is 0.885. The summed E-state index contributed by atoms with van der Waals surface area (Å²) in [5.41, 5.74) is 0.662. The maximum absolute atomic E-state index is 13.3. The Hall–Kier alpha value is -2.93. The molecule has 0 aromatic heterocycles. The highest BCUT2D eigenvalue weighted by atomic mass is 16.5. The second kappa shape index (κ2) is 7.00. The highest BCUT2D eigenvalue weighted by Crippen LogP contribution is 2.32. The number of aliphatic imine (C=N–C) groups is 1. The Morgan fingerprint density at radius 1 is 1.22 bits per heavy atom. The van der Waals surface area contributed by atoms with Gasteiger partial charge < -0.3 is 19.9 Å². The number of ether oxygens (including phenoxy) is 1. The number of rotatable bonds is 3. The number of nitrogens with zero attached hydrogens (tertiary/aromatic N) is 3. The fourth-order valence-corrected chi connectivity index (χ4v) is 3.60. The van der Waals surface area contributed by atoms with Crippen LogP contribution in [0.25, 0.3) is 0 Å². The summed E-state index contributed by atoms with van der Waals surface area (Å²) in [6.45, 7) is 4.66. The van der Waals surface area contributed by atoms with Gasteiger partial charge in [-0.2, -0.15) is 4.99 Å². The molecule has 1 fully saturated rings. The van der Waals surface area contributed by atoms with E-state index in [0.717, 1.165) is 24.5 Å². The summed E-state index contributed by atoms with van der Waals surface area (Å²) in [7, 11) is 0. The van der Waals surface area contributed by atoms with E-state index in [0.29, 0.717) is 19.0 Å². The Bertz CT molecular complexity index is 855.